The molecule has 2 aromatic carbocycles. The zero-order chi connectivity index (χ0) is 27.4. The molecule has 14 heteroatoms. The number of H-pyrrole nitrogens is 1. The summed E-state index contributed by atoms with van der Waals surface area (Å²) in [7, 11) is 0. The van der Waals surface area contributed by atoms with Crippen LogP contribution in [0.15, 0.2) is 42.6 Å². The van der Waals surface area contributed by atoms with E-state index in [-0.39, 0.29) is 60.1 Å². The molecule has 0 bridgehead atoms. The fourth-order valence-electron chi connectivity index (χ4n) is 4.35. The predicted octanol–water partition coefficient (Wildman–Crippen LogP) is 6.41. The number of anilines is 2. The van der Waals surface area contributed by atoms with E-state index in [0.717, 1.165) is 12.1 Å². The number of imidazole rings is 1. The lowest BCUT2D eigenvalue weighted by Gasteiger charge is -2.36. The molecule has 200 valence electrons. The Kier molecular flexibility index (Phi) is 6.15. The van der Waals surface area contributed by atoms with Gasteiger partial charge in [0.1, 0.15) is 5.82 Å². The van der Waals surface area contributed by atoms with Crippen LogP contribution < -0.4 is 9.80 Å². The molecule has 38 heavy (non-hydrogen) atoms. The van der Waals surface area contributed by atoms with Gasteiger partial charge in [0, 0.05) is 37.9 Å². The maximum absolute atomic E-state index is 13.9. The summed E-state index contributed by atoms with van der Waals surface area (Å²) in [6.07, 6.45) is -8.17. The molecular weight excluding hydrogens is 529 g/mol. The predicted molar refractivity (Wildman–Crippen MR) is 120 cm³/mol. The summed E-state index contributed by atoms with van der Waals surface area (Å²) in [6, 6.07) is 4.71. The number of hydrogen-bond donors (Lipinski definition) is 1. The van der Waals surface area contributed by atoms with Gasteiger partial charge >= 0.3 is 12.4 Å². The van der Waals surface area contributed by atoms with E-state index in [1.807, 2.05) is 0 Å². The van der Waals surface area contributed by atoms with Gasteiger partial charge in [-0.2, -0.15) is 26.3 Å². The van der Waals surface area contributed by atoms with E-state index in [2.05, 4.69) is 15.0 Å². The van der Waals surface area contributed by atoms with Crippen molar-refractivity contribution in [3.63, 3.8) is 0 Å². The van der Waals surface area contributed by atoms with Crippen LogP contribution in [-0.2, 0) is 12.4 Å². The van der Waals surface area contributed by atoms with E-state index >= 15 is 0 Å². The van der Waals surface area contributed by atoms with Crippen LogP contribution in [0.4, 0.5) is 51.3 Å². The maximum Gasteiger partial charge on any atom is 0.419 e. The van der Waals surface area contributed by atoms with E-state index in [1.54, 1.807) is 4.90 Å². The summed E-state index contributed by atoms with van der Waals surface area (Å²) in [5, 5.41) is 0. The minimum absolute atomic E-state index is 0.0510. The Morgan fingerprint density at radius 1 is 0.789 bits per heavy atom. The van der Waals surface area contributed by atoms with Crippen molar-refractivity contribution >= 4 is 22.8 Å². The maximum atomic E-state index is 13.9. The van der Waals surface area contributed by atoms with Gasteiger partial charge in [-0.05, 0) is 42.0 Å². The van der Waals surface area contributed by atoms with Gasteiger partial charge in [-0.1, -0.05) is 0 Å². The van der Waals surface area contributed by atoms with Crippen LogP contribution in [0, 0.1) is 17.5 Å². The second-order valence-corrected chi connectivity index (χ2v) is 8.58. The monoisotopic (exact) mass is 545 g/mol. The van der Waals surface area contributed by atoms with Crippen LogP contribution in [0.2, 0.25) is 0 Å². The number of nitrogens with one attached hydrogen (secondary N) is 1. The van der Waals surface area contributed by atoms with E-state index in [9.17, 15) is 39.5 Å². The highest BCUT2D eigenvalue weighted by Crippen LogP contribution is 2.39. The lowest BCUT2D eigenvalue weighted by atomic mass is 10.0. The molecule has 0 saturated carbocycles. The third-order valence-corrected chi connectivity index (χ3v) is 6.17. The van der Waals surface area contributed by atoms with Crippen LogP contribution >= 0.6 is 0 Å². The van der Waals surface area contributed by atoms with E-state index in [4.69, 9.17) is 0 Å². The molecule has 1 N–H and O–H groups in total. The first-order chi connectivity index (χ1) is 17.8. The summed E-state index contributed by atoms with van der Waals surface area (Å²) in [4.78, 5) is 14.0. The Hall–Kier alpha value is -3.97. The van der Waals surface area contributed by atoms with Gasteiger partial charge in [-0.15, -0.1) is 0 Å². The topological polar surface area (TPSA) is 48.1 Å². The standard InChI is InChI=1S/C24H16F9N5/c25-16-8-12(9-17(26)19(16)27)14-10-13(23(28,29)30)11-18-20(14)36-22(35-18)38-6-4-37(5-7-38)21-15(24(31,32)33)2-1-3-34-21/h1-3,8-11H,4-7H2,(H,35,36). The van der Waals surface area contributed by atoms with Gasteiger partial charge in [0.25, 0.3) is 0 Å². The molecule has 0 aliphatic carbocycles. The zero-order valence-corrected chi connectivity index (χ0v) is 19.1. The third kappa shape index (κ3) is 4.70. The average molecular weight is 545 g/mol. The molecule has 1 aliphatic rings. The molecule has 0 unspecified atom stereocenters. The van der Waals surface area contributed by atoms with Gasteiger partial charge in [0.15, 0.2) is 17.5 Å². The van der Waals surface area contributed by atoms with E-state index in [1.165, 1.54) is 17.2 Å². The van der Waals surface area contributed by atoms with Gasteiger partial charge < -0.3 is 14.8 Å². The Bertz CT molecular complexity index is 1480. The number of hydrogen-bond acceptors (Lipinski definition) is 4. The van der Waals surface area contributed by atoms with Crippen LogP contribution in [0.1, 0.15) is 11.1 Å². The molecule has 1 aliphatic heterocycles. The molecule has 0 radical (unpaired) electrons. The van der Waals surface area contributed by atoms with E-state index < -0.39 is 40.9 Å². The Balaban J connectivity index is 1.49. The van der Waals surface area contributed by atoms with Crippen LogP contribution in [0.3, 0.4) is 0 Å². The second kappa shape index (κ2) is 9.10. The summed E-state index contributed by atoms with van der Waals surface area (Å²) in [6.45, 7) is 0.502. The molecule has 5 nitrogen and oxygen atoms in total. The number of fused-ring (bicyclic) bond motifs is 1. The number of aromatic amines is 1. The van der Waals surface area contributed by atoms with Crippen LogP contribution in [0.25, 0.3) is 22.2 Å². The molecule has 1 saturated heterocycles. The number of alkyl halides is 6. The number of benzene rings is 2. The fraction of sp³-hybridized carbons (Fsp3) is 0.250. The molecule has 4 aromatic rings. The number of rotatable bonds is 3. The van der Waals surface area contributed by atoms with Gasteiger partial charge in [-0.3, -0.25) is 0 Å². The highest BCUT2D eigenvalue weighted by molar-refractivity contribution is 5.94. The van der Waals surface area contributed by atoms with E-state index in [0.29, 0.717) is 18.2 Å². The summed E-state index contributed by atoms with van der Waals surface area (Å²) in [5.74, 6) is -5.04. The SMILES string of the molecule is Fc1cc(-c2cc(C(F)(F)F)cc3[nH]c(N4CCN(c5ncccc5C(F)(F)F)CC4)nc23)cc(F)c1F. The van der Waals surface area contributed by atoms with Crippen molar-refractivity contribution < 1.29 is 39.5 Å². The molecule has 0 atom stereocenters. The molecular formula is C24H16F9N5. The molecule has 5 rings (SSSR count). The van der Waals surface area contributed by atoms with Crippen molar-refractivity contribution in [1.82, 2.24) is 15.0 Å². The number of aromatic nitrogens is 3. The third-order valence-electron chi connectivity index (χ3n) is 6.17. The van der Waals surface area contributed by atoms with Gasteiger partial charge in [0.2, 0.25) is 5.95 Å². The molecule has 3 heterocycles. The van der Waals surface area contributed by atoms with Crippen molar-refractivity contribution in [3.8, 4) is 11.1 Å². The van der Waals surface area contributed by atoms with Crippen molar-refractivity contribution in [2.24, 2.45) is 0 Å². The molecule has 0 spiro atoms. The smallest absolute Gasteiger partial charge is 0.353 e. The Morgan fingerprint density at radius 2 is 1.42 bits per heavy atom. The van der Waals surface area contributed by atoms with Gasteiger partial charge in [-0.25, -0.2) is 23.1 Å². The average Bonchev–Trinajstić information content (AvgIpc) is 3.30. The van der Waals surface area contributed by atoms with Gasteiger partial charge in [0.05, 0.1) is 22.2 Å². The van der Waals surface area contributed by atoms with Crippen molar-refractivity contribution in [3.05, 3.63) is 71.2 Å². The van der Waals surface area contributed by atoms with Crippen molar-refractivity contribution in [2.75, 3.05) is 36.0 Å². The number of pyridine rings is 1. The summed E-state index contributed by atoms with van der Waals surface area (Å²) >= 11 is 0. The first-order valence-electron chi connectivity index (χ1n) is 11.1. The fourth-order valence-corrected chi connectivity index (χ4v) is 4.35. The first kappa shape index (κ1) is 25.7. The number of nitrogens with zero attached hydrogens (tertiary/aromatic N) is 4. The Labute approximate surface area is 208 Å². The molecule has 1 fully saturated rings. The lowest BCUT2D eigenvalue weighted by Crippen LogP contribution is -2.47. The van der Waals surface area contributed by atoms with Crippen molar-refractivity contribution in [1.29, 1.82) is 0 Å². The van der Waals surface area contributed by atoms with Crippen LogP contribution in [0.5, 0.6) is 0 Å². The zero-order valence-electron chi connectivity index (χ0n) is 19.1. The van der Waals surface area contributed by atoms with Crippen molar-refractivity contribution in [2.45, 2.75) is 12.4 Å². The number of halogens is 9. The summed E-state index contributed by atoms with van der Waals surface area (Å²) < 4.78 is 122. The highest BCUT2D eigenvalue weighted by atomic mass is 19.4. The number of piperazine rings is 1. The lowest BCUT2D eigenvalue weighted by molar-refractivity contribution is -0.138. The molecule has 2 aromatic heterocycles. The normalized spacial score (nSPS) is 15.0. The molecule has 0 amide bonds. The minimum atomic E-state index is -4.81. The minimum Gasteiger partial charge on any atom is -0.353 e. The summed E-state index contributed by atoms with van der Waals surface area (Å²) in [5.41, 5.74) is -2.79. The second-order valence-electron chi connectivity index (χ2n) is 8.58. The Morgan fingerprint density at radius 3 is 2.03 bits per heavy atom. The quantitative estimate of drug-likeness (QED) is 0.239. The largest absolute Gasteiger partial charge is 0.419 e. The van der Waals surface area contributed by atoms with Crippen LogP contribution in [-0.4, -0.2) is 41.1 Å². The highest BCUT2D eigenvalue weighted by Gasteiger charge is 2.37. The first-order valence-corrected chi connectivity index (χ1v) is 11.1.